The molecule has 0 amide bonds. The smallest absolute Gasteiger partial charge is 0.900 e. The Bertz CT molecular complexity index is 6.00. The predicted molar refractivity (Wildman–Crippen MR) is 11.5 cm³/mol. The molecule has 0 N–H and O–H groups in total. The summed E-state index contributed by atoms with van der Waals surface area (Å²) >= 11 is 0. The van der Waals surface area contributed by atoms with E-state index in [1.165, 1.54) is 0 Å². The zero-order valence-corrected chi connectivity index (χ0v) is 5.58. The molecule has 2 nitrogen and oxygen atoms in total. The van der Waals surface area contributed by atoms with Crippen molar-refractivity contribution in [1.82, 2.24) is 0 Å². The molecule has 0 fully saturated rings. The maximum atomic E-state index is 8.25. The summed E-state index contributed by atoms with van der Waals surface area (Å²) < 4.78 is 0. The van der Waals surface area contributed by atoms with Crippen LogP contribution in [0.2, 0.25) is 0 Å². The van der Waals surface area contributed by atoms with Crippen molar-refractivity contribution in [3.63, 3.8) is 0 Å². The van der Waals surface area contributed by atoms with Crippen molar-refractivity contribution < 1.29 is 10.0 Å². The van der Waals surface area contributed by atoms with Gasteiger partial charge in [0.15, 0.2) is 0 Å². The van der Waals surface area contributed by atoms with Crippen LogP contribution in [0.15, 0.2) is 0 Å². The van der Waals surface area contributed by atoms with E-state index < -0.39 is 7.69 Å². The molecule has 0 aromatic carbocycles. The topological polar surface area (TPSA) is 46.1 Å². The third-order valence-corrected chi connectivity index (χ3v) is 0. The monoisotopic (exact) mass is 131 g/mol. The van der Waals surface area contributed by atoms with E-state index in [1.807, 2.05) is 0 Å². The first-order valence-corrected chi connectivity index (χ1v) is 0.471. The Hall–Kier alpha value is 1.47. The van der Waals surface area contributed by atoms with Crippen LogP contribution in [0.1, 0.15) is 0 Å². The summed E-state index contributed by atoms with van der Waals surface area (Å²) in [5, 5.41) is 16.5. The van der Waals surface area contributed by atoms with Gasteiger partial charge < -0.3 is 10.0 Å². The maximum Gasteiger partial charge on any atom is 2.00 e. The van der Waals surface area contributed by atoms with E-state index >= 15 is 0 Å². The maximum absolute atomic E-state index is 8.25. The summed E-state index contributed by atoms with van der Waals surface area (Å²) in [6.45, 7) is 0. The molecule has 0 aliphatic carbocycles. The fourth-order valence-corrected chi connectivity index (χ4v) is 0. The van der Waals surface area contributed by atoms with Gasteiger partial charge in [0.1, 0.15) is 0 Å². The van der Waals surface area contributed by atoms with Crippen LogP contribution < -0.4 is 10.0 Å². The molecule has 1 radical (unpaired) electrons. The number of hydrogen-bond donors (Lipinski definition) is 0. The van der Waals surface area contributed by atoms with E-state index in [4.69, 9.17) is 10.0 Å². The van der Waals surface area contributed by atoms with E-state index in [2.05, 4.69) is 0 Å². The van der Waals surface area contributed by atoms with Gasteiger partial charge in [-0.1, -0.05) is 0 Å². The molecule has 17 valence electrons. The van der Waals surface area contributed by atoms with Gasteiger partial charge in [0, 0.05) is 0 Å². The number of rotatable bonds is 0. The molecular formula is BO2Sr. The number of hydrogen-bond acceptors (Lipinski definition) is 2. The Kier molecular flexibility index (Phi) is 20.0. The fourth-order valence-electron chi connectivity index (χ4n) is 0. The van der Waals surface area contributed by atoms with Crippen molar-refractivity contribution >= 4 is 53.2 Å². The first-order chi connectivity index (χ1) is 1.41. The van der Waals surface area contributed by atoms with Gasteiger partial charge in [-0.2, -0.15) is 0 Å². The zero-order chi connectivity index (χ0) is 2.71. The van der Waals surface area contributed by atoms with E-state index in [0.29, 0.717) is 0 Å². The van der Waals surface area contributed by atoms with Crippen molar-refractivity contribution in [2.75, 3.05) is 0 Å². The summed E-state index contributed by atoms with van der Waals surface area (Å²) in [6, 6.07) is 0. The van der Waals surface area contributed by atoms with Crippen LogP contribution in [-0.4, -0.2) is 53.2 Å². The van der Waals surface area contributed by atoms with Crippen molar-refractivity contribution in [3.05, 3.63) is 0 Å². The van der Waals surface area contributed by atoms with Gasteiger partial charge in [-0.05, 0) is 0 Å². The summed E-state index contributed by atoms with van der Waals surface area (Å²) in [7, 11) is -0.500. The molecule has 0 saturated carbocycles. The van der Waals surface area contributed by atoms with Gasteiger partial charge in [-0.15, -0.1) is 0 Å². The van der Waals surface area contributed by atoms with Crippen molar-refractivity contribution in [1.29, 1.82) is 0 Å². The molecule has 0 spiro atoms. The van der Waals surface area contributed by atoms with Crippen LogP contribution >= 0.6 is 0 Å². The van der Waals surface area contributed by atoms with Crippen molar-refractivity contribution in [2.24, 2.45) is 0 Å². The van der Waals surface area contributed by atoms with Gasteiger partial charge in [0.2, 0.25) is 0 Å². The molecule has 0 heterocycles. The van der Waals surface area contributed by atoms with Crippen molar-refractivity contribution in [3.8, 4) is 0 Å². The van der Waals surface area contributed by atoms with Crippen LogP contribution in [-0.2, 0) is 0 Å². The molecule has 0 aromatic heterocycles. The van der Waals surface area contributed by atoms with E-state index in [-0.39, 0.29) is 45.5 Å². The van der Waals surface area contributed by atoms with Gasteiger partial charge in [-0.25, -0.2) is 7.69 Å². The van der Waals surface area contributed by atoms with Gasteiger partial charge in [0.25, 0.3) is 0 Å². The molecule has 0 aromatic rings. The van der Waals surface area contributed by atoms with E-state index in [9.17, 15) is 0 Å². The summed E-state index contributed by atoms with van der Waals surface area (Å²) in [5.41, 5.74) is 0. The SMILES string of the molecule is [O-][B][O-].[Sr+2]. The van der Waals surface area contributed by atoms with Crippen molar-refractivity contribution in [2.45, 2.75) is 0 Å². The van der Waals surface area contributed by atoms with Crippen LogP contribution in [0.3, 0.4) is 0 Å². The third-order valence-electron chi connectivity index (χ3n) is 0. The average molecular weight is 130 g/mol. The summed E-state index contributed by atoms with van der Waals surface area (Å²) in [5.74, 6) is 0. The molecule has 4 heteroatoms. The normalized spacial score (nSPS) is 3.50. The second kappa shape index (κ2) is 8.82. The Labute approximate surface area is 62.4 Å². The Morgan fingerprint density at radius 1 is 1.25 bits per heavy atom. The van der Waals surface area contributed by atoms with Gasteiger partial charge in [0.05, 0.1) is 0 Å². The predicted octanol–water partition coefficient (Wildman–Crippen LogP) is -3.14. The van der Waals surface area contributed by atoms with E-state index in [0.717, 1.165) is 0 Å². The average Bonchev–Trinajstić information content (AvgIpc) is 0.918. The van der Waals surface area contributed by atoms with Gasteiger partial charge in [-0.3, -0.25) is 0 Å². The quantitative estimate of drug-likeness (QED) is 0.325. The minimum atomic E-state index is -0.500. The minimum Gasteiger partial charge on any atom is -0.900 e. The minimum absolute atomic E-state index is 0. The van der Waals surface area contributed by atoms with Crippen LogP contribution in [0.4, 0.5) is 0 Å². The molecule has 4 heavy (non-hydrogen) atoms. The third kappa shape index (κ3) is 9.81. The standard InChI is InChI=1S/BO2.Sr/c2-1-3;/q-2;+2. The first-order valence-electron chi connectivity index (χ1n) is 0.471. The van der Waals surface area contributed by atoms with E-state index in [1.54, 1.807) is 0 Å². The Morgan fingerprint density at radius 3 is 1.25 bits per heavy atom. The van der Waals surface area contributed by atoms with Crippen LogP contribution in [0.25, 0.3) is 0 Å². The molecular weight excluding hydrogens is 130 g/mol. The second-order valence-electron chi connectivity index (χ2n) is 0.0962. The fraction of sp³-hybridized carbons (Fsp3) is 0. The second-order valence-corrected chi connectivity index (χ2v) is 0.0962. The molecule has 0 saturated heterocycles. The molecule has 0 rings (SSSR count). The molecule has 0 aliphatic rings. The molecule has 0 unspecified atom stereocenters. The summed E-state index contributed by atoms with van der Waals surface area (Å²) in [4.78, 5) is 0. The van der Waals surface area contributed by atoms with Gasteiger partial charge >= 0.3 is 45.5 Å². The van der Waals surface area contributed by atoms with Crippen LogP contribution in [0, 0.1) is 0 Å². The Morgan fingerprint density at radius 2 is 1.25 bits per heavy atom. The molecule has 0 aliphatic heterocycles. The largest absolute Gasteiger partial charge is 2.00 e. The molecule has 0 atom stereocenters. The van der Waals surface area contributed by atoms with Crippen LogP contribution in [0.5, 0.6) is 0 Å². The zero-order valence-electron chi connectivity index (χ0n) is 2.10. The first kappa shape index (κ1) is 9.07. The Balaban J connectivity index is 0. The molecule has 0 bridgehead atoms. The summed E-state index contributed by atoms with van der Waals surface area (Å²) in [6.07, 6.45) is 0.